The van der Waals surface area contributed by atoms with Gasteiger partial charge in [0.15, 0.2) is 0 Å². The normalized spacial score (nSPS) is 14.2. The van der Waals surface area contributed by atoms with Crippen molar-refractivity contribution in [3.05, 3.63) is 29.8 Å². The van der Waals surface area contributed by atoms with E-state index in [1.807, 2.05) is 25.1 Å². The Balaban J connectivity index is 2.66. The average Bonchev–Trinajstić information content (AvgIpc) is 2.42. The van der Waals surface area contributed by atoms with Gasteiger partial charge in [0.1, 0.15) is 12.4 Å². The molecule has 102 valence electrons. The largest absolute Gasteiger partial charge is 0.491 e. The lowest BCUT2D eigenvalue weighted by molar-refractivity contribution is 0.0711. The first kappa shape index (κ1) is 15.0. The van der Waals surface area contributed by atoms with Crippen LogP contribution in [0.2, 0.25) is 0 Å². The quantitative estimate of drug-likeness (QED) is 0.770. The summed E-state index contributed by atoms with van der Waals surface area (Å²) in [6.07, 6.45) is 1.24. The Kier molecular flexibility index (Phi) is 6.76. The maximum atomic E-state index is 5.83. The Morgan fingerprint density at radius 1 is 1.22 bits per heavy atom. The molecule has 0 amide bonds. The number of nitrogens with one attached hydrogen (secondary N) is 1. The van der Waals surface area contributed by atoms with Crippen molar-refractivity contribution in [1.29, 1.82) is 0 Å². The molecule has 0 radical (unpaired) electrons. The molecule has 1 rings (SSSR count). The molecule has 0 saturated carbocycles. The Bertz CT molecular complexity index is 341. The lowest BCUT2D eigenvalue weighted by Gasteiger charge is -2.19. The first-order chi connectivity index (χ1) is 8.69. The zero-order chi connectivity index (χ0) is 13.4. The van der Waals surface area contributed by atoms with Crippen LogP contribution in [0.5, 0.6) is 5.75 Å². The standard InChI is InChI=1S/C15H25NO2/c1-5-10-16-13(3)14-8-6-7-9-15(14)18-11-12(2)17-4/h6-9,12-13,16H,5,10-11H2,1-4H3. The molecule has 2 atom stereocenters. The van der Waals surface area contributed by atoms with Gasteiger partial charge in [0, 0.05) is 18.7 Å². The molecule has 0 bridgehead atoms. The van der Waals surface area contributed by atoms with E-state index >= 15 is 0 Å². The van der Waals surface area contributed by atoms with Gasteiger partial charge in [-0.05, 0) is 32.9 Å². The van der Waals surface area contributed by atoms with Gasteiger partial charge in [0.25, 0.3) is 0 Å². The highest BCUT2D eigenvalue weighted by molar-refractivity contribution is 5.35. The average molecular weight is 251 g/mol. The number of ether oxygens (including phenoxy) is 2. The van der Waals surface area contributed by atoms with Crippen molar-refractivity contribution >= 4 is 0 Å². The van der Waals surface area contributed by atoms with Crippen molar-refractivity contribution in [1.82, 2.24) is 5.32 Å². The molecular formula is C15H25NO2. The third-order valence-corrected chi connectivity index (χ3v) is 2.96. The molecule has 3 nitrogen and oxygen atoms in total. The molecule has 3 heteroatoms. The van der Waals surface area contributed by atoms with Crippen LogP contribution in [0.4, 0.5) is 0 Å². The van der Waals surface area contributed by atoms with Crippen LogP contribution in [0.15, 0.2) is 24.3 Å². The van der Waals surface area contributed by atoms with Gasteiger partial charge >= 0.3 is 0 Å². The Hall–Kier alpha value is -1.06. The summed E-state index contributed by atoms with van der Waals surface area (Å²) in [5.41, 5.74) is 1.20. The van der Waals surface area contributed by atoms with Crippen molar-refractivity contribution in [3.8, 4) is 5.75 Å². The predicted molar refractivity (Wildman–Crippen MR) is 75.1 cm³/mol. The third kappa shape index (κ3) is 4.67. The van der Waals surface area contributed by atoms with E-state index in [-0.39, 0.29) is 6.10 Å². The Labute approximate surface area is 110 Å². The molecule has 0 saturated heterocycles. The summed E-state index contributed by atoms with van der Waals surface area (Å²) in [6.45, 7) is 7.93. The van der Waals surface area contributed by atoms with Crippen LogP contribution in [0.3, 0.4) is 0 Å². The van der Waals surface area contributed by atoms with Crippen LogP contribution in [0.25, 0.3) is 0 Å². The number of hydrogen-bond donors (Lipinski definition) is 1. The Morgan fingerprint density at radius 3 is 2.61 bits per heavy atom. The van der Waals surface area contributed by atoms with E-state index in [0.717, 1.165) is 18.7 Å². The Morgan fingerprint density at radius 2 is 1.94 bits per heavy atom. The van der Waals surface area contributed by atoms with E-state index in [0.29, 0.717) is 12.6 Å². The van der Waals surface area contributed by atoms with Crippen molar-refractivity contribution in [2.45, 2.75) is 39.3 Å². The van der Waals surface area contributed by atoms with E-state index in [2.05, 4.69) is 25.2 Å². The first-order valence-electron chi connectivity index (χ1n) is 6.67. The number of methoxy groups -OCH3 is 1. The second kappa shape index (κ2) is 8.11. The summed E-state index contributed by atoms with van der Waals surface area (Å²) in [4.78, 5) is 0. The fourth-order valence-corrected chi connectivity index (χ4v) is 1.72. The highest BCUT2D eigenvalue weighted by Crippen LogP contribution is 2.24. The van der Waals surface area contributed by atoms with Gasteiger partial charge in [-0.15, -0.1) is 0 Å². The molecule has 18 heavy (non-hydrogen) atoms. The minimum absolute atomic E-state index is 0.108. The molecule has 1 N–H and O–H groups in total. The monoisotopic (exact) mass is 251 g/mol. The lowest BCUT2D eigenvalue weighted by atomic mass is 10.1. The predicted octanol–water partition coefficient (Wildman–Crippen LogP) is 3.16. The van der Waals surface area contributed by atoms with Gasteiger partial charge in [0.05, 0.1) is 6.10 Å². The highest BCUT2D eigenvalue weighted by atomic mass is 16.5. The molecular weight excluding hydrogens is 226 g/mol. The molecule has 1 aromatic carbocycles. The zero-order valence-electron chi connectivity index (χ0n) is 11.9. The van der Waals surface area contributed by atoms with E-state index in [1.165, 1.54) is 5.56 Å². The molecule has 0 aliphatic carbocycles. The minimum Gasteiger partial charge on any atom is -0.491 e. The van der Waals surface area contributed by atoms with Crippen LogP contribution >= 0.6 is 0 Å². The van der Waals surface area contributed by atoms with Gasteiger partial charge in [-0.25, -0.2) is 0 Å². The second-order valence-electron chi connectivity index (χ2n) is 4.57. The molecule has 0 fully saturated rings. The third-order valence-electron chi connectivity index (χ3n) is 2.96. The fourth-order valence-electron chi connectivity index (χ4n) is 1.72. The summed E-state index contributed by atoms with van der Waals surface area (Å²) in [5, 5.41) is 3.48. The summed E-state index contributed by atoms with van der Waals surface area (Å²) >= 11 is 0. The SMILES string of the molecule is CCCNC(C)c1ccccc1OCC(C)OC. The van der Waals surface area contributed by atoms with Crippen molar-refractivity contribution < 1.29 is 9.47 Å². The van der Waals surface area contributed by atoms with Crippen LogP contribution in [0.1, 0.15) is 38.8 Å². The van der Waals surface area contributed by atoms with Gasteiger partial charge in [-0.2, -0.15) is 0 Å². The zero-order valence-corrected chi connectivity index (χ0v) is 11.9. The molecule has 0 aromatic heterocycles. The van der Waals surface area contributed by atoms with Crippen LogP contribution in [-0.4, -0.2) is 26.4 Å². The maximum absolute atomic E-state index is 5.83. The second-order valence-corrected chi connectivity index (χ2v) is 4.57. The maximum Gasteiger partial charge on any atom is 0.124 e. The van der Waals surface area contributed by atoms with Gasteiger partial charge in [-0.1, -0.05) is 25.1 Å². The lowest BCUT2D eigenvalue weighted by Crippen LogP contribution is -2.21. The summed E-state index contributed by atoms with van der Waals surface area (Å²) in [6, 6.07) is 8.48. The summed E-state index contributed by atoms with van der Waals surface area (Å²) < 4.78 is 11.0. The molecule has 0 aliphatic rings. The first-order valence-corrected chi connectivity index (χ1v) is 6.67. The van der Waals surface area contributed by atoms with Crippen LogP contribution < -0.4 is 10.1 Å². The summed E-state index contributed by atoms with van der Waals surface area (Å²) in [5.74, 6) is 0.942. The highest BCUT2D eigenvalue weighted by Gasteiger charge is 2.11. The van der Waals surface area contributed by atoms with Gasteiger partial charge in [-0.3, -0.25) is 0 Å². The van der Waals surface area contributed by atoms with E-state index < -0.39 is 0 Å². The van der Waals surface area contributed by atoms with Crippen LogP contribution in [0, 0.1) is 0 Å². The van der Waals surface area contributed by atoms with E-state index in [1.54, 1.807) is 7.11 Å². The number of hydrogen-bond acceptors (Lipinski definition) is 3. The number of para-hydroxylation sites is 1. The number of rotatable bonds is 8. The fraction of sp³-hybridized carbons (Fsp3) is 0.600. The van der Waals surface area contributed by atoms with E-state index in [9.17, 15) is 0 Å². The molecule has 0 heterocycles. The smallest absolute Gasteiger partial charge is 0.124 e. The van der Waals surface area contributed by atoms with Crippen molar-refractivity contribution in [2.24, 2.45) is 0 Å². The van der Waals surface area contributed by atoms with Crippen molar-refractivity contribution in [3.63, 3.8) is 0 Å². The van der Waals surface area contributed by atoms with Crippen LogP contribution in [-0.2, 0) is 4.74 Å². The molecule has 2 unspecified atom stereocenters. The van der Waals surface area contributed by atoms with Gasteiger partial charge < -0.3 is 14.8 Å². The van der Waals surface area contributed by atoms with Crippen molar-refractivity contribution in [2.75, 3.05) is 20.3 Å². The van der Waals surface area contributed by atoms with E-state index in [4.69, 9.17) is 9.47 Å². The minimum atomic E-state index is 0.108. The topological polar surface area (TPSA) is 30.5 Å². The number of benzene rings is 1. The summed E-state index contributed by atoms with van der Waals surface area (Å²) in [7, 11) is 1.70. The molecule has 0 aliphatic heterocycles. The molecule has 1 aromatic rings. The van der Waals surface area contributed by atoms with Gasteiger partial charge in [0.2, 0.25) is 0 Å². The molecule has 0 spiro atoms.